The van der Waals surface area contributed by atoms with Crippen LogP contribution in [0, 0.1) is 19.8 Å². The van der Waals surface area contributed by atoms with Gasteiger partial charge in [0.2, 0.25) is 0 Å². The average molecular weight is 356 g/mol. The molecule has 1 aromatic heterocycles. The zero-order valence-corrected chi connectivity index (χ0v) is 16.3. The van der Waals surface area contributed by atoms with Crippen molar-refractivity contribution in [2.24, 2.45) is 5.92 Å². The Bertz CT molecular complexity index is 773. The molecule has 2 heterocycles. The highest BCUT2D eigenvalue weighted by atomic mass is 32.2. The Morgan fingerprint density at radius 2 is 1.88 bits per heavy atom. The summed E-state index contributed by atoms with van der Waals surface area (Å²) in [6.45, 7) is 7.56. The molecule has 1 N–H and O–H groups in total. The predicted octanol–water partition coefficient (Wildman–Crippen LogP) is 4.15. The smallest absolute Gasteiger partial charge is 0.179 e. The summed E-state index contributed by atoms with van der Waals surface area (Å²) in [6, 6.07) is 13.0. The average Bonchev–Trinajstić information content (AvgIpc) is 2.91. The standard InChI is InChI=1S/C21H27N2OS/c1-5-17(14-24)13-23-15(2)10-18(11-16(23)3)12-21-22(4)19-8-6-7-9-20(19)25-21/h6-12,17,24H,5,13-14H2,1-4H3/q+1/t17-/m0/s1. The van der Waals surface area contributed by atoms with E-state index in [1.54, 1.807) is 0 Å². The lowest BCUT2D eigenvalue weighted by atomic mass is 10.1. The molecule has 3 rings (SSSR count). The van der Waals surface area contributed by atoms with Crippen molar-refractivity contribution in [3.63, 3.8) is 0 Å². The first kappa shape index (κ1) is 18.0. The van der Waals surface area contributed by atoms with E-state index in [2.05, 4.69) is 79.8 Å². The minimum Gasteiger partial charge on any atom is -0.396 e. The number of fused-ring (bicyclic) bond motifs is 1. The number of anilines is 1. The monoisotopic (exact) mass is 355 g/mol. The molecule has 25 heavy (non-hydrogen) atoms. The molecule has 1 aliphatic rings. The van der Waals surface area contributed by atoms with Crippen molar-refractivity contribution in [3.8, 4) is 0 Å². The van der Waals surface area contributed by atoms with E-state index >= 15 is 0 Å². The molecule has 0 saturated carbocycles. The van der Waals surface area contributed by atoms with Crippen LogP contribution in [-0.4, -0.2) is 18.8 Å². The highest BCUT2D eigenvalue weighted by Gasteiger charge is 2.22. The summed E-state index contributed by atoms with van der Waals surface area (Å²) < 4.78 is 2.31. The second-order valence-corrected chi connectivity index (χ2v) is 7.81. The van der Waals surface area contributed by atoms with Gasteiger partial charge in [-0.3, -0.25) is 0 Å². The number of rotatable bonds is 5. The Kier molecular flexibility index (Phi) is 5.50. The maximum atomic E-state index is 9.50. The number of para-hydroxylation sites is 1. The Balaban J connectivity index is 1.88. The Labute approximate surface area is 155 Å². The van der Waals surface area contributed by atoms with Gasteiger partial charge < -0.3 is 10.0 Å². The van der Waals surface area contributed by atoms with Crippen LogP contribution in [0.25, 0.3) is 6.08 Å². The third kappa shape index (κ3) is 3.75. The first-order valence-electron chi connectivity index (χ1n) is 8.87. The molecular formula is C21H27N2OS+. The fourth-order valence-corrected chi connectivity index (χ4v) is 4.40. The van der Waals surface area contributed by atoms with Gasteiger partial charge in [-0.15, -0.1) is 0 Å². The number of benzene rings is 1. The Hall–Kier alpha value is -1.78. The van der Waals surface area contributed by atoms with E-state index in [0.717, 1.165) is 13.0 Å². The first-order valence-corrected chi connectivity index (χ1v) is 9.69. The summed E-state index contributed by atoms with van der Waals surface area (Å²) in [7, 11) is 2.13. The van der Waals surface area contributed by atoms with Crippen LogP contribution in [0.3, 0.4) is 0 Å². The largest absolute Gasteiger partial charge is 0.396 e. The van der Waals surface area contributed by atoms with Gasteiger partial charge in [-0.1, -0.05) is 30.8 Å². The third-order valence-electron chi connectivity index (χ3n) is 4.94. The molecule has 132 valence electrons. The molecule has 0 radical (unpaired) electrons. The van der Waals surface area contributed by atoms with Crippen molar-refractivity contribution in [1.82, 2.24) is 0 Å². The van der Waals surface area contributed by atoms with Gasteiger partial charge in [-0.25, -0.2) is 0 Å². The molecule has 0 unspecified atom stereocenters. The van der Waals surface area contributed by atoms with Crippen LogP contribution in [0.4, 0.5) is 5.69 Å². The highest BCUT2D eigenvalue weighted by Crippen LogP contribution is 2.45. The lowest BCUT2D eigenvalue weighted by Gasteiger charge is -2.14. The van der Waals surface area contributed by atoms with Gasteiger partial charge >= 0.3 is 0 Å². The number of aliphatic hydroxyl groups is 1. The minimum atomic E-state index is 0.244. The summed E-state index contributed by atoms with van der Waals surface area (Å²) in [5, 5.41) is 10.7. The fourth-order valence-electron chi connectivity index (χ4n) is 3.29. The maximum absolute atomic E-state index is 9.50. The number of hydrogen-bond donors (Lipinski definition) is 1. The summed E-state index contributed by atoms with van der Waals surface area (Å²) in [5.74, 6) is 0.317. The van der Waals surface area contributed by atoms with Crippen molar-refractivity contribution in [3.05, 3.63) is 58.4 Å². The highest BCUT2D eigenvalue weighted by molar-refractivity contribution is 8.03. The summed E-state index contributed by atoms with van der Waals surface area (Å²) in [4.78, 5) is 3.56. The molecule has 1 aromatic carbocycles. The van der Waals surface area contributed by atoms with Crippen molar-refractivity contribution in [1.29, 1.82) is 0 Å². The van der Waals surface area contributed by atoms with Crippen LogP contribution in [0.15, 0.2) is 46.3 Å². The summed E-state index contributed by atoms with van der Waals surface area (Å²) >= 11 is 1.82. The Morgan fingerprint density at radius 3 is 2.48 bits per heavy atom. The van der Waals surface area contributed by atoms with Crippen molar-refractivity contribution >= 4 is 23.5 Å². The van der Waals surface area contributed by atoms with Gasteiger partial charge in [0.15, 0.2) is 17.9 Å². The molecule has 0 bridgehead atoms. The fraction of sp³-hybridized carbons (Fsp3) is 0.381. The van der Waals surface area contributed by atoms with Gasteiger partial charge in [-0.2, -0.15) is 4.57 Å². The molecule has 0 saturated heterocycles. The molecule has 3 nitrogen and oxygen atoms in total. The van der Waals surface area contributed by atoms with Gasteiger partial charge in [0.25, 0.3) is 0 Å². The first-order chi connectivity index (χ1) is 12.0. The van der Waals surface area contributed by atoms with E-state index in [-0.39, 0.29) is 6.61 Å². The maximum Gasteiger partial charge on any atom is 0.179 e. The number of aromatic nitrogens is 1. The van der Waals surface area contributed by atoms with Crippen molar-refractivity contribution in [2.45, 2.75) is 38.6 Å². The second-order valence-electron chi connectivity index (χ2n) is 6.75. The van der Waals surface area contributed by atoms with Gasteiger partial charge in [0.1, 0.15) is 0 Å². The summed E-state index contributed by atoms with van der Waals surface area (Å²) in [6.07, 6.45) is 3.26. The topological polar surface area (TPSA) is 27.4 Å². The van der Waals surface area contributed by atoms with Crippen LogP contribution < -0.4 is 9.47 Å². The lowest BCUT2D eigenvalue weighted by molar-refractivity contribution is -0.714. The number of hydrogen-bond acceptors (Lipinski definition) is 3. The van der Waals surface area contributed by atoms with E-state index in [4.69, 9.17) is 0 Å². The lowest BCUT2D eigenvalue weighted by Crippen LogP contribution is -2.44. The van der Waals surface area contributed by atoms with E-state index < -0.39 is 0 Å². The number of aryl methyl sites for hydroxylation is 2. The molecule has 2 aromatic rings. The van der Waals surface area contributed by atoms with Crippen molar-refractivity contribution < 1.29 is 9.67 Å². The van der Waals surface area contributed by atoms with Crippen LogP contribution in [0.5, 0.6) is 0 Å². The molecule has 4 heteroatoms. The number of aliphatic hydroxyl groups excluding tert-OH is 1. The van der Waals surface area contributed by atoms with Crippen molar-refractivity contribution in [2.75, 3.05) is 18.6 Å². The van der Waals surface area contributed by atoms with E-state index in [1.165, 1.54) is 32.6 Å². The predicted molar refractivity (Wildman–Crippen MR) is 106 cm³/mol. The molecule has 0 aliphatic carbocycles. The van der Waals surface area contributed by atoms with Crippen LogP contribution >= 0.6 is 11.8 Å². The quantitative estimate of drug-likeness (QED) is 0.817. The number of pyridine rings is 1. The Morgan fingerprint density at radius 1 is 1.20 bits per heavy atom. The third-order valence-corrected chi connectivity index (χ3v) is 6.11. The van der Waals surface area contributed by atoms with Crippen LogP contribution in [-0.2, 0) is 6.54 Å². The molecule has 0 amide bonds. The van der Waals surface area contributed by atoms with Crippen LogP contribution in [0.2, 0.25) is 0 Å². The van der Waals surface area contributed by atoms with E-state index in [1.807, 2.05) is 11.8 Å². The minimum absolute atomic E-state index is 0.244. The molecule has 1 atom stereocenters. The second kappa shape index (κ2) is 7.63. The zero-order valence-electron chi connectivity index (χ0n) is 15.5. The molecular weight excluding hydrogens is 328 g/mol. The molecule has 0 spiro atoms. The zero-order chi connectivity index (χ0) is 18.0. The molecule has 1 aliphatic heterocycles. The summed E-state index contributed by atoms with van der Waals surface area (Å²) in [5.41, 5.74) is 4.97. The van der Waals surface area contributed by atoms with Gasteiger partial charge in [0, 0.05) is 43.8 Å². The number of nitrogens with zero attached hydrogens (tertiary/aromatic N) is 2. The van der Waals surface area contributed by atoms with E-state index in [9.17, 15) is 5.11 Å². The van der Waals surface area contributed by atoms with E-state index in [0.29, 0.717) is 5.92 Å². The number of thioether (sulfide) groups is 1. The van der Waals surface area contributed by atoms with Crippen LogP contribution in [0.1, 0.15) is 30.3 Å². The SMILES string of the molecule is CC[C@H](CO)C[n+]1c(C)cc(C=C2Sc3ccccc3N2C)cc1C. The molecule has 0 fully saturated rings. The van der Waals surface area contributed by atoms with Gasteiger partial charge in [0.05, 0.1) is 17.3 Å². The normalized spacial score (nSPS) is 16.4. The van der Waals surface area contributed by atoms with Gasteiger partial charge in [-0.05, 0) is 30.2 Å².